The summed E-state index contributed by atoms with van der Waals surface area (Å²) in [5, 5.41) is 0. The van der Waals surface area contributed by atoms with Crippen LogP contribution in [0.4, 0.5) is 0 Å². The largest absolute Gasteiger partial charge is 0.478 e. The average molecular weight is 417 g/mol. The monoisotopic (exact) mass is 417 g/mol. The molecule has 0 saturated carbocycles. The summed E-state index contributed by atoms with van der Waals surface area (Å²) in [7, 11) is 1.33. The van der Waals surface area contributed by atoms with E-state index in [2.05, 4.69) is 4.90 Å². The number of hydrogen-bond acceptors (Lipinski definition) is 7. The van der Waals surface area contributed by atoms with E-state index in [1.807, 2.05) is 18.2 Å². The molecule has 31 heavy (non-hydrogen) atoms. The third-order valence-corrected chi connectivity index (χ3v) is 5.27. The van der Waals surface area contributed by atoms with E-state index in [4.69, 9.17) is 18.6 Å². The van der Waals surface area contributed by atoms with Crippen molar-refractivity contribution in [1.29, 1.82) is 0 Å². The molecule has 156 valence electrons. The van der Waals surface area contributed by atoms with Crippen molar-refractivity contribution in [2.75, 3.05) is 13.8 Å². The van der Waals surface area contributed by atoms with Crippen LogP contribution in [-0.2, 0) is 17.8 Å². The molecule has 1 aromatic heterocycles. The Morgan fingerprint density at radius 3 is 2.74 bits per heavy atom. The van der Waals surface area contributed by atoms with Gasteiger partial charge < -0.3 is 18.6 Å². The van der Waals surface area contributed by atoms with Crippen LogP contribution in [0.3, 0.4) is 0 Å². The van der Waals surface area contributed by atoms with E-state index in [1.54, 1.807) is 42.7 Å². The predicted molar refractivity (Wildman–Crippen MR) is 111 cm³/mol. The minimum absolute atomic E-state index is 0.182. The lowest BCUT2D eigenvalue weighted by Crippen LogP contribution is -2.31. The Labute approximate surface area is 178 Å². The zero-order valence-electron chi connectivity index (χ0n) is 16.8. The summed E-state index contributed by atoms with van der Waals surface area (Å²) in [4.78, 5) is 26.6. The zero-order valence-corrected chi connectivity index (χ0v) is 16.8. The first-order valence-corrected chi connectivity index (χ1v) is 9.78. The van der Waals surface area contributed by atoms with Gasteiger partial charge in [0.05, 0.1) is 36.6 Å². The molecule has 2 aliphatic heterocycles. The smallest absolute Gasteiger partial charge is 0.337 e. The highest BCUT2D eigenvalue weighted by atomic mass is 16.5. The van der Waals surface area contributed by atoms with Crippen molar-refractivity contribution in [2.24, 2.45) is 0 Å². The van der Waals surface area contributed by atoms with E-state index in [-0.39, 0.29) is 11.5 Å². The number of Topliss-reactive ketones (excluding diaryl/α,β-unsaturated/α-hetero) is 1. The summed E-state index contributed by atoms with van der Waals surface area (Å²) in [5.74, 6) is 1.73. The van der Waals surface area contributed by atoms with Gasteiger partial charge in [0.2, 0.25) is 5.78 Å². The average Bonchev–Trinajstić information content (AvgIpc) is 3.42. The van der Waals surface area contributed by atoms with Gasteiger partial charge in [-0.05, 0) is 48.0 Å². The van der Waals surface area contributed by atoms with Crippen LogP contribution in [0.5, 0.6) is 11.5 Å². The van der Waals surface area contributed by atoms with Gasteiger partial charge in [0.25, 0.3) is 0 Å². The first-order chi connectivity index (χ1) is 15.1. The molecule has 7 nitrogen and oxygen atoms in total. The fraction of sp³-hybridized carbons (Fsp3) is 0.167. The molecule has 3 aromatic rings. The topological polar surface area (TPSA) is 78.2 Å². The molecule has 0 bridgehead atoms. The van der Waals surface area contributed by atoms with Gasteiger partial charge in [0.15, 0.2) is 5.76 Å². The van der Waals surface area contributed by atoms with Gasteiger partial charge in [-0.15, -0.1) is 0 Å². The van der Waals surface area contributed by atoms with E-state index in [1.165, 1.54) is 7.11 Å². The third-order valence-electron chi connectivity index (χ3n) is 5.27. The van der Waals surface area contributed by atoms with E-state index in [9.17, 15) is 9.59 Å². The maximum Gasteiger partial charge on any atom is 0.337 e. The molecule has 7 heteroatoms. The molecule has 0 fully saturated rings. The molecule has 0 saturated heterocycles. The number of benzene rings is 2. The number of nitrogens with zero attached hydrogens (tertiary/aromatic N) is 1. The molecule has 2 aliphatic rings. The third kappa shape index (κ3) is 3.60. The van der Waals surface area contributed by atoms with Crippen LogP contribution in [0.2, 0.25) is 0 Å². The number of methoxy groups -OCH3 is 1. The van der Waals surface area contributed by atoms with Crippen molar-refractivity contribution in [3.8, 4) is 11.5 Å². The number of ether oxygens (including phenoxy) is 3. The number of esters is 1. The van der Waals surface area contributed by atoms with Crippen LogP contribution in [0.15, 0.2) is 65.0 Å². The lowest BCUT2D eigenvalue weighted by molar-refractivity contribution is 0.0600. The highest BCUT2D eigenvalue weighted by molar-refractivity contribution is 6.15. The number of hydrogen-bond donors (Lipinski definition) is 0. The second kappa shape index (κ2) is 7.77. The molecule has 3 heterocycles. The Balaban J connectivity index is 1.40. The minimum atomic E-state index is -0.412. The molecule has 0 aliphatic carbocycles. The first-order valence-electron chi connectivity index (χ1n) is 9.78. The van der Waals surface area contributed by atoms with Gasteiger partial charge in [-0.3, -0.25) is 9.69 Å². The molecule has 0 atom stereocenters. The number of furan rings is 1. The second-order valence-electron chi connectivity index (χ2n) is 7.31. The van der Waals surface area contributed by atoms with Crippen LogP contribution in [0, 0.1) is 0 Å². The lowest BCUT2D eigenvalue weighted by atomic mass is 10.0. The fourth-order valence-corrected chi connectivity index (χ4v) is 3.71. The van der Waals surface area contributed by atoms with Gasteiger partial charge >= 0.3 is 5.97 Å². The lowest BCUT2D eigenvalue weighted by Gasteiger charge is -2.29. The van der Waals surface area contributed by atoms with Crippen molar-refractivity contribution < 1.29 is 28.2 Å². The molecule has 0 unspecified atom stereocenters. The van der Waals surface area contributed by atoms with Crippen molar-refractivity contribution >= 4 is 17.8 Å². The summed E-state index contributed by atoms with van der Waals surface area (Å²) in [6.45, 7) is 1.60. The molecule has 0 spiro atoms. The van der Waals surface area contributed by atoms with E-state index in [0.29, 0.717) is 42.4 Å². The van der Waals surface area contributed by atoms with Crippen LogP contribution in [0.25, 0.3) is 6.08 Å². The zero-order chi connectivity index (χ0) is 21.4. The Hall–Kier alpha value is -3.84. The summed E-state index contributed by atoms with van der Waals surface area (Å²) >= 11 is 0. The van der Waals surface area contributed by atoms with Crippen LogP contribution < -0.4 is 9.47 Å². The second-order valence-corrected chi connectivity index (χ2v) is 7.31. The number of ketones is 1. The van der Waals surface area contributed by atoms with Gasteiger partial charge in [-0.25, -0.2) is 4.79 Å². The highest BCUT2D eigenvalue weighted by Crippen LogP contribution is 2.42. The van der Waals surface area contributed by atoms with Crippen molar-refractivity contribution in [3.05, 3.63) is 88.6 Å². The van der Waals surface area contributed by atoms with E-state index < -0.39 is 5.97 Å². The van der Waals surface area contributed by atoms with Crippen LogP contribution in [-0.4, -0.2) is 30.5 Å². The standard InChI is InChI=1S/C24H19NO6/c1-28-24(27)16-6-4-15(5-7-16)11-21-22(26)18-8-9-20-19(23(18)31-21)13-25(14-30-20)12-17-3-2-10-29-17/h2-11H,12-14H2,1H3/b21-11-. The summed E-state index contributed by atoms with van der Waals surface area (Å²) in [5.41, 5.74) is 2.54. The molecule has 2 aromatic carbocycles. The van der Waals surface area contributed by atoms with Crippen molar-refractivity contribution in [1.82, 2.24) is 4.90 Å². The SMILES string of the molecule is COC(=O)c1ccc(/C=C2\Oc3c(ccc4c3CN(Cc3ccco3)CO4)C2=O)cc1. The Morgan fingerprint density at radius 2 is 2.00 bits per heavy atom. The van der Waals surface area contributed by atoms with Crippen molar-refractivity contribution in [3.63, 3.8) is 0 Å². The van der Waals surface area contributed by atoms with Gasteiger partial charge in [0, 0.05) is 6.54 Å². The van der Waals surface area contributed by atoms with Gasteiger partial charge in [-0.1, -0.05) is 12.1 Å². The normalized spacial score (nSPS) is 16.4. The van der Waals surface area contributed by atoms with Crippen LogP contribution >= 0.6 is 0 Å². The Bertz CT molecular complexity index is 1180. The molecular weight excluding hydrogens is 398 g/mol. The quantitative estimate of drug-likeness (QED) is 0.468. The minimum Gasteiger partial charge on any atom is -0.478 e. The Kier molecular flexibility index (Phi) is 4.80. The molecule has 0 N–H and O–H groups in total. The maximum atomic E-state index is 12.9. The van der Waals surface area contributed by atoms with Gasteiger partial charge in [0.1, 0.15) is 24.0 Å². The number of carbonyl (C=O) groups excluding carboxylic acids is 2. The summed E-state index contributed by atoms with van der Waals surface area (Å²) in [6, 6.07) is 14.1. The molecule has 0 amide bonds. The molecular formula is C24H19NO6. The van der Waals surface area contributed by atoms with Crippen LogP contribution in [0.1, 0.15) is 37.6 Å². The van der Waals surface area contributed by atoms with Gasteiger partial charge in [-0.2, -0.15) is 0 Å². The fourth-order valence-electron chi connectivity index (χ4n) is 3.71. The molecule has 5 rings (SSSR count). The van der Waals surface area contributed by atoms with Crippen molar-refractivity contribution in [2.45, 2.75) is 13.1 Å². The van der Waals surface area contributed by atoms with E-state index in [0.717, 1.165) is 16.9 Å². The number of fused-ring (bicyclic) bond motifs is 3. The summed E-state index contributed by atoms with van der Waals surface area (Å²) in [6.07, 6.45) is 3.31. The highest BCUT2D eigenvalue weighted by Gasteiger charge is 2.33. The Morgan fingerprint density at radius 1 is 1.16 bits per heavy atom. The molecule has 0 radical (unpaired) electrons. The number of allylic oxidation sites excluding steroid dienone is 1. The maximum absolute atomic E-state index is 12.9. The summed E-state index contributed by atoms with van der Waals surface area (Å²) < 4.78 is 22.0. The number of rotatable bonds is 4. The predicted octanol–water partition coefficient (Wildman–Crippen LogP) is 4.03. The first kappa shape index (κ1) is 19.1. The number of carbonyl (C=O) groups is 2. The van der Waals surface area contributed by atoms with E-state index >= 15 is 0 Å².